The van der Waals surface area contributed by atoms with Gasteiger partial charge >= 0.3 is 6.03 Å². The van der Waals surface area contributed by atoms with E-state index in [0.29, 0.717) is 39.5 Å². The van der Waals surface area contributed by atoms with Crippen molar-refractivity contribution in [3.63, 3.8) is 0 Å². The van der Waals surface area contributed by atoms with Crippen LogP contribution >= 0.6 is 47.1 Å². The van der Waals surface area contributed by atoms with Gasteiger partial charge < -0.3 is 4.90 Å². The lowest BCUT2D eigenvalue weighted by atomic mass is 9.88. The highest BCUT2D eigenvalue weighted by molar-refractivity contribution is 7.98. The molecule has 2 amide bonds. The van der Waals surface area contributed by atoms with Crippen molar-refractivity contribution in [3.8, 4) is 11.3 Å². The van der Waals surface area contributed by atoms with Gasteiger partial charge in [0.15, 0.2) is 5.13 Å². The van der Waals surface area contributed by atoms with Gasteiger partial charge in [0.25, 0.3) is 0 Å². The summed E-state index contributed by atoms with van der Waals surface area (Å²) < 4.78 is 25.8. The molecule has 4 rings (SSSR count). The summed E-state index contributed by atoms with van der Waals surface area (Å²) in [7, 11) is -3.37. The first-order chi connectivity index (χ1) is 19.2. The lowest BCUT2D eigenvalue weighted by Crippen LogP contribution is -2.38. The monoisotopic (exact) mass is 650 g/mol. The minimum atomic E-state index is -3.37. The fourth-order valence-electron chi connectivity index (χ4n) is 4.31. The first-order valence-electron chi connectivity index (χ1n) is 12.6. The Kier molecular flexibility index (Phi) is 12.4. The van der Waals surface area contributed by atoms with Crippen molar-refractivity contribution in [2.45, 2.75) is 12.3 Å². The lowest BCUT2D eigenvalue weighted by Gasteiger charge is -2.26. The van der Waals surface area contributed by atoms with Gasteiger partial charge in [0.1, 0.15) is 10.0 Å². The molecule has 218 valence electrons. The van der Waals surface area contributed by atoms with E-state index in [-0.39, 0.29) is 24.4 Å². The third kappa shape index (κ3) is 9.65. The van der Waals surface area contributed by atoms with Gasteiger partial charge in [-0.1, -0.05) is 95.7 Å². The highest BCUT2D eigenvalue weighted by atomic mass is 35.5. The number of amides is 2. The van der Waals surface area contributed by atoms with Gasteiger partial charge in [-0.2, -0.15) is 11.8 Å². The maximum Gasteiger partial charge on any atom is 0.323 e. The summed E-state index contributed by atoms with van der Waals surface area (Å²) >= 11 is 9.37. The van der Waals surface area contributed by atoms with E-state index in [4.69, 9.17) is 11.6 Å². The molecule has 0 unspecified atom stereocenters. The quantitative estimate of drug-likeness (QED) is 0.164. The van der Waals surface area contributed by atoms with E-state index in [1.807, 2.05) is 47.6 Å². The Morgan fingerprint density at radius 2 is 1.56 bits per heavy atom. The van der Waals surface area contributed by atoms with E-state index in [2.05, 4.69) is 39.3 Å². The van der Waals surface area contributed by atoms with Crippen molar-refractivity contribution in [2.24, 2.45) is 0 Å². The van der Waals surface area contributed by atoms with Gasteiger partial charge in [0, 0.05) is 36.0 Å². The largest absolute Gasteiger partial charge is 0.324 e. The molecule has 0 saturated heterocycles. The predicted molar refractivity (Wildman–Crippen MR) is 177 cm³/mol. The zero-order chi connectivity index (χ0) is 28.5. The molecule has 0 fully saturated rings. The molecule has 0 saturated carbocycles. The molecule has 0 aliphatic heterocycles. The van der Waals surface area contributed by atoms with Crippen molar-refractivity contribution in [1.82, 2.24) is 9.88 Å². The number of rotatable bonds is 12. The van der Waals surface area contributed by atoms with Crippen LogP contribution in [0.1, 0.15) is 23.5 Å². The molecule has 2 N–H and O–H groups in total. The molecule has 4 aromatic rings. The van der Waals surface area contributed by atoms with Gasteiger partial charge in [0.05, 0.1) is 6.26 Å². The van der Waals surface area contributed by atoms with E-state index in [1.165, 1.54) is 22.5 Å². The third-order valence-corrected chi connectivity index (χ3v) is 8.57. The molecule has 3 aromatic carbocycles. The van der Waals surface area contributed by atoms with Gasteiger partial charge in [0.2, 0.25) is 10.0 Å². The fraction of sp³-hybridized carbons (Fsp3) is 0.241. The topological polar surface area (TPSA) is 91.4 Å². The number of carbonyl (C=O) groups is 1. The summed E-state index contributed by atoms with van der Waals surface area (Å²) in [6.07, 6.45) is 3.89. The van der Waals surface area contributed by atoms with Crippen molar-refractivity contribution < 1.29 is 13.2 Å². The number of nitrogens with zero attached hydrogens (tertiary/aromatic N) is 2. The first kappa shape index (κ1) is 32.8. The summed E-state index contributed by atoms with van der Waals surface area (Å²) in [5.41, 5.74) is 4.12. The maximum atomic E-state index is 13.4. The summed E-state index contributed by atoms with van der Waals surface area (Å²) in [6, 6.07) is 27.3. The first-order valence-corrected chi connectivity index (χ1v) is 17.1. The molecule has 0 radical (unpaired) electrons. The normalized spacial score (nSPS) is 11.1. The predicted octanol–water partition coefficient (Wildman–Crippen LogP) is 7.68. The molecule has 7 nitrogen and oxygen atoms in total. The van der Waals surface area contributed by atoms with Gasteiger partial charge in [-0.3, -0.25) is 10.0 Å². The molecular formula is C29H32Cl2N4O3S3. The molecule has 1 heterocycles. The molecule has 0 aliphatic rings. The Morgan fingerprint density at radius 3 is 2.10 bits per heavy atom. The Balaban J connectivity index is 0.00000462. The van der Waals surface area contributed by atoms with Crippen LogP contribution < -0.4 is 10.0 Å². The molecule has 0 bridgehead atoms. The number of aromatic nitrogens is 1. The van der Waals surface area contributed by atoms with Crippen molar-refractivity contribution in [3.05, 3.63) is 100 Å². The smallest absolute Gasteiger partial charge is 0.323 e. The minimum Gasteiger partial charge on any atom is -0.324 e. The summed E-state index contributed by atoms with van der Waals surface area (Å²) in [5, 5.41) is 3.34. The summed E-state index contributed by atoms with van der Waals surface area (Å²) in [5.74, 6) is 0.972. The highest BCUT2D eigenvalue weighted by Crippen LogP contribution is 2.36. The highest BCUT2D eigenvalue weighted by Gasteiger charge is 2.21. The second-order valence-corrected chi connectivity index (χ2v) is 13.5. The number of anilines is 2. The maximum absolute atomic E-state index is 13.4. The number of nitrogens with one attached hydrogen (secondary N) is 2. The van der Waals surface area contributed by atoms with Crippen LogP contribution in [0.2, 0.25) is 4.34 Å². The van der Waals surface area contributed by atoms with Crippen molar-refractivity contribution in [2.75, 3.05) is 41.4 Å². The van der Waals surface area contributed by atoms with Crippen LogP contribution in [0.25, 0.3) is 11.3 Å². The van der Waals surface area contributed by atoms with Crippen molar-refractivity contribution >= 4 is 74.0 Å². The molecular weight excluding hydrogens is 619 g/mol. The van der Waals surface area contributed by atoms with Crippen LogP contribution in [0.4, 0.5) is 15.6 Å². The van der Waals surface area contributed by atoms with Crippen LogP contribution in [-0.4, -0.2) is 55.7 Å². The average molecular weight is 652 g/mol. The molecule has 1 aromatic heterocycles. The molecule has 0 aliphatic carbocycles. The van der Waals surface area contributed by atoms with Crippen LogP contribution in [0, 0.1) is 0 Å². The van der Waals surface area contributed by atoms with Gasteiger partial charge in [-0.25, -0.2) is 18.2 Å². The van der Waals surface area contributed by atoms with E-state index >= 15 is 0 Å². The Hall–Kier alpha value is -2.76. The zero-order valence-corrected chi connectivity index (χ0v) is 26.6. The number of benzene rings is 3. The van der Waals surface area contributed by atoms with Crippen LogP contribution in [0.15, 0.2) is 84.9 Å². The average Bonchev–Trinajstić information content (AvgIpc) is 3.30. The number of sulfonamides is 1. The van der Waals surface area contributed by atoms with E-state index in [9.17, 15) is 13.2 Å². The second-order valence-electron chi connectivity index (χ2n) is 9.17. The second kappa shape index (κ2) is 15.5. The Morgan fingerprint density at radius 1 is 0.976 bits per heavy atom. The van der Waals surface area contributed by atoms with Crippen LogP contribution in [-0.2, 0) is 10.0 Å². The van der Waals surface area contributed by atoms with Crippen LogP contribution in [0.5, 0.6) is 0 Å². The summed E-state index contributed by atoms with van der Waals surface area (Å²) in [4.78, 5) is 19.8. The Labute approximate surface area is 261 Å². The number of hydrogen-bond acceptors (Lipinski definition) is 6. The number of thiazole rings is 1. The molecule has 0 atom stereocenters. The standard InChI is InChI=1S/C29H31ClN4O3S3.ClH/c1-38-20-19-34(18-17-25(21-9-5-3-6-10-21)22-11-7-4-8-12-22)29(35)32-28-31-26(27(30)39-28)23-13-15-24(16-14-23)33-40(2,36)37;/h3-16,25,33H,17-20H2,1-2H3,(H,31,32,35);1H. The van der Waals surface area contributed by atoms with E-state index < -0.39 is 10.0 Å². The van der Waals surface area contributed by atoms with Gasteiger partial charge in [-0.15, -0.1) is 12.4 Å². The summed E-state index contributed by atoms with van der Waals surface area (Å²) in [6.45, 7) is 1.17. The number of urea groups is 1. The zero-order valence-electron chi connectivity index (χ0n) is 22.6. The van der Waals surface area contributed by atoms with E-state index in [1.54, 1.807) is 36.0 Å². The van der Waals surface area contributed by atoms with Gasteiger partial charge in [-0.05, 0) is 35.9 Å². The SMILES string of the molecule is CSCCN(CCC(c1ccccc1)c1ccccc1)C(=O)Nc1nc(-c2ccc(NS(C)(=O)=O)cc2)c(Cl)s1.Cl. The number of halogens is 2. The minimum absolute atomic E-state index is 0. The molecule has 0 spiro atoms. The number of hydrogen-bond donors (Lipinski definition) is 2. The Bertz CT molecular complexity index is 1460. The van der Waals surface area contributed by atoms with Crippen LogP contribution in [0.3, 0.4) is 0 Å². The number of carbonyl (C=O) groups excluding carboxylic acids is 1. The molecule has 12 heteroatoms. The third-order valence-electron chi connectivity index (χ3n) is 6.21. The van der Waals surface area contributed by atoms with E-state index in [0.717, 1.165) is 18.4 Å². The lowest BCUT2D eigenvalue weighted by molar-refractivity contribution is 0.213. The number of thioether (sulfide) groups is 1. The van der Waals surface area contributed by atoms with Crippen molar-refractivity contribution in [1.29, 1.82) is 0 Å². The fourth-order valence-corrected chi connectivity index (χ4v) is 6.35. The molecule has 41 heavy (non-hydrogen) atoms.